The zero-order valence-corrected chi connectivity index (χ0v) is 12.8. The van der Waals surface area contributed by atoms with Crippen molar-refractivity contribution in [3.63, 3.8) is 0 Å². The molecule has 0 unspecified atom stereocenters. The smallest absolute Gasteiger partial charge is 0.242 e. The lowest BCUT2D eigenvalue weighted by molar-refractivity contribution is -0.118. The van der Waals surface area contributed by atoms with Crippen molar-refractivity contribution in [1.29, 1.82) is 0 Å². The quantitative estimate of drug-likeness (QED) is 0.510. The molecule has 0 fully saturated rings. The van der Waals surface area contributed by atoms with Gasteiger partial charge < -0.3 is 11.5 Å². The molecular formula is C13H16ClN3O3S. The van der Waals surface area contributed by atoms with Crippen LogP contribution in [0.25, 0.3) is 0 Å². The number of hydrogen-bond acceptors (Lipinski definition) is 4. The van der Waals surface area contributed by atoms with Gasteiger partial charge in [-0.2, -0.15) is 0 Å². The molecule has 0 aliphatic rings. The molecule has 0 aromatic heterocycles. The Balaban J connectivity index is 2.81. The van der Waals surface area contributed by atoms with Crippen molar-refractivity contribution in [3.8, 4) is 11.8 Å². The van der Waals surface area contributed by atoms with E-state index in [9.17, 15) is 13.2 Å². The lowest BCUT2D eigenvalue weighted by atomic mass is 10.2. The molecule has 6 nitrogen and oxygen atoms in total. The van der Waals surface area contributed by atoms with Crippen molar-refractivity contribution in [3.05, 3.63) is 28.8 Å². The highest BCUT2D eigenvalue weighted by Gasteiger charge is 2.17. The van der Waals surface area contributed by atoms with Gasteiger partial charge in [-0.1, -0.05) is 23.4 Å². The van der Waals surface area contributed by atoms with Gasteiger partial charge >= 0.3 is 0 Å². The molecule has 1 rings (SSSR count). The van der Waals surface area contributed by atoms with Crippen LogP contribution in [0.2, 0.25) is 5.02 Å². The Morgan fingerprint density at radius 2 is 2.10 bits per heavy atom. The van der Waals surface area contributed by atoms with Gasteiger partial charge in [-0.25, -0.2) is 13.1 Å². The molecule has 8 heteroatoms. The van der Waals surface area contributed by atoms with Gasteiger partial charge in [0.1, 0.15) is 4.90 Å². The molecule has 1 aromatic rings. The molecule has 0 spiro atoms. The van der Waals surface area contributed by atoms with Crippen LogP contribution in [-0.4, -0.2) is 27.4 Å². The Bertz CT molecular complexity index is 678. The van der Waals surface area contributed by atoms with Crippen molar-refractivity contribution >= 4 is 27.5 Å². The van der Waals surface area contributed by atoms with Gasteiger partial charge in [0, 0.05) is 18.5 Å². The minimum Gasteiger partial charge on any atom is -0.370 e. The van der Waals surface area contributed by atoms with Crippen molar-refractivity contribution in [2.75, 3.05) is 13.1 Å². The van der Waals surface area contributed by atoms with Crippen LogP contribution in [0.5, 0.6) is 0 Å². The zero-order chi connectivity index (χ0) is 15.9. The number of hydrogen-bond donors (Lipinski definition) is 3. The predicted octanol–water partition coefficient (Wildman–Crippen LogP) is 0.194. The van der Waals surface area contributed by atoms with Crippen LogP contribution in [0.1, 0.15) is 18.4 Å². The van der Waals surface area contributed by atoms with Crippen LogP contribution in [0.4, 0.5) is 0 Å². The molecule has 114 valence electrons. The van der Waals surface area contributed by atoms with Crippen LogP contribution in [0.15, 0.2) is 23.1 Å². The molecule has 0 aliphatic heterocycles. The van der Waals surface area contributed by atoms with E-state index in [-0.39, 0.29) is 29.4 Å². The number of carbonyl (C=O) groups excluding carboxylic acids is 1. The molecule has 0 aliphatic carbocycles. The second kappa shape index (κ2) is 8.00. The molecule has 5 N–H and O–H groups in total. The summed E-state index contributed by atoms with van der Waals surface area (Å²) in [5, 5.41) is 0.0706. The van der Waals surface area contributed by atoms with Crippen LogP contribution in [0.3, 0.4) is 0 Å². The molecule has 21 heavy (non-hydrogen) atoms. The van der Waals surface area contributed by atoms with E-state index in [0.717, 1.165) is 0 Å². The number of nitrogens with one attached hydrogen (secondary N) is 1. The maximum Gasteiger partial charge on any atom is 0.242 e. The van der Waals surface area contributed by atoms with E-state index in [2.05, 4.69) is 16.6 Å². The number of carbonyl (C=O) groups is 1. The van der Waals surface area contributed by atoms with Crippen LogP contribution >= 0.6 is 11.6 Å². The van der Waals surface area contributed by atoms with E-state index >= 15 is 0 Å². The van der Waals surface area contributed by atoms with Gasteiger partial charge in [-0.15, -0.1) is 0 Å². The van der Waals surface area contributed by atoms with Gasteiger partial charge in [0.25, 0.3) is 0 Å². The SMILES string of the molecule is NCC#Cc1ccc(S(=O)(=O)NCCCC(N)=O)c(Cl)c1. The van der Waals surface area contributed by atoms with Gasteiger partial charge in [-0.05, 0) is 24.6 Å². The average molecular weight is 330 g/mol. The Morgan fingerprint density at radius 3 is 2.67 bits per heavy atom. The first-order valence-corrected chi connectivity index (χ1v) is 7.99. The van der Waals surface area contributed by atoms with E-state index in [1.807, 2.05) is 0 Å². The summed E-state index contributed by atoms with van der Waals surface area (Å²) >= 11 is 5.96. The first-order valence-electron chi connectivity index (χ1n) is 6.13. The van der Waals surface area contributed by atoms with Gasteiger partial charge in [0.2, 0.25) is 15.9 Å². The maximum absolute atomic E-state index is 12.1. The largest absolute Gasteiger partial charge is 0.370 e. The molecule has 0 saturated heterocycles. The molecule has 0 bridgehead atoms. The van der Waals surface area contributed by atoms with Gasteiger partial charge in [0.15, 0.2) is 0 Å². The van der Waals surface area contributed by atoms with E-state index in [4.69, 9.17) is 23.1 Å². The fourth-order valence-corrected chi connectivity index (χ4v) is 3.11. The predicted molar refractivity (Wildman–Crippen MR) is 81.0 cm³/mol. The number of sulfonamides is 1. The number of amides is 1. The third-order valence-corrected chi connectivity index (χ3v) is 4.39. The summed E-state index contributed by atoms with van der Waals surface area (Å²) in [6.45, 7) is 0.315. The highest BCUT2D eigenvalue weighted by molar-refractivity contribution is 7.89. The maximum atomic E-state index is 12.1. The Hall–Kier alpha value is -1.59. The molecule has 0 heterocycles. The molecular weight excluding hydrogens is 314 g/mol. The summed E-state index contributed by atoms with van der Waals surface area (Å²) in [5.74, 6) is 4.94. The Kier molecular flexibility index (Phi) is 6.65. The third kappa shape index (κ3) is 5.73. The lowest BCUT2D eigenvalue weighted by Crippen LogP contribution is -2.26. The third-order valence-electron chi connectivity index (χ3n) is 2.45. The summed E-state index contributed by atoms with van der Waals surface area (Å²) in [4.78, 5) is 10.5. The van der Waals surface area contributed by atoms with E-state index in [1.54, 1.807) is 6.07 Å². The number of halogens is 1. The van der Waals surface area contributed by atoms with E-state index < -0.39 is 15.9 Å². The zero-order valence-electron chi connectivity index (χ0n) is 11.2. The van der Waals surface area contributed by atoms with Gasteiger partial charge in [0.05, 0.1) is 11.6 Å². The van der Waals surface area contributed by atoms with Crippen LogP contribution in [-0.2, 0) is 14.8 Å². The first-order chi connectivity index (χ1) is 9.86. The van der Waals surface area contributed by atoms with Crippen molar-refractivity contribution in [1.82, 2.24) is 4.72 Å². The fraction of sp³-hybridized carbons (Fsp3) is 0.308. The lowest BCUT2D eigenvalue weighted by Gasteiger charge is -2.08. The Morgan fingerprint density at radius 1 is 1.38 bits per heavy atom. The number of benzene rings is 1. The molecule has 1 amide bonds. The topological polar surface area (TPSA) is 115 Å². The van der Waals surface area contributed by atoms with Crippen molar-refractivity contribution in [2.45, 2.75) is 17.7 Å². The van der Waals surface area contributed by atoms with Crippen molar-refractivity contribution < 1.29 is 13.2 Å². The van der Waals surface area contributed by atoms with E-state index in [0.29, 0.717) is 12.0 Å². The first kappa shape index (κ1) is 17.5. The molecule has 0 radical (unpaired) electrons. The summed E-state index contributed by atoms with van der Waals surface area (Å²) in [5.41, 5.74) is 10.8. The van der Waals surface area contributed by atoms with Crippen molar-refractivity contribution in [2.24, 2.45) is 11.5 Å². The van der Waals surface area contributed by atoms with Crippen LogP contribution in [0, 0.1) is 11.8 Å². The minimum atomic E-state index is -3.73. The second-order valence-corrected chi connectivity index (χ2v) is 6.26. The standard InChI is InChI=1S/C13H16ClN3O3S/c14-11-9-10(3-1-7-15)5-6-12(11)21(19,20)17-8-2-4-13(16)18/h5-6,9,17H,2,4,7-8,15H2,(H2,16,18). The Labute approximate surface area is 128 Å². The second-order valence-electron chi connectivity index (χ2n) is 4.12. The van der Waals surface area contributed by atoms with Gasteiger partial charge in [-0.3, -0.25) is 4.79 Å². The van der Waals surface area contributed by atoms with Crippen LogP contribution < -0.4 is 16.2 Å². The summed E-state index contributed by atoms with van der Waals surface area (Å²) in [6.07, 6.45) is 0.441. The monoisotopic (exact) mass is 329 g/mol. The number of primary amides is 1. The molecule has 0 saturated carbocycles. The summed E-state index contributed by atoms with van der Waals surface area (Å²) < 4.78 is 26.5. The summed E-state index contributed by atoms with van der Waals surface area (Å²) in [7, 11) is -3.73. The number of rotatable bonds is 6. The minimum absolute atomic E-state index is 0.0402. The molecule has 0 atom stereocenters. The highest BCUT2D eigenvalue weighted by atomic mass is 35.5. The summed E-state index contributed by atoms with van der Waals surface area (Å²) in [6, 6.07) is 4.38. The molecule has 1 aromatic carbocycles. The van der Waals surface area contributed by atoms with E-state index in [1.165, 1.54) is 12.1 Å². The fourth-order valence-electron chi connectivity index (χ4n) is 1.50. The number of nitrogens with two attached hydrogens (primary N) is 2. The normalized spacial score (nSPS) is 10.8. The average Bonchev–Trinajstić information content (AvgIpc) is 2.41. The highest BCUT2D eigenvalue weighted by Crippen LogP contribution is 2.22.